The van der Waals surface area contributed by atoms with E-state index in [1.54, 1.807) is 13.2 Å². The molecule has 1 aromatic carbocycles. The highest BCUT2D eigenvalue weighted by molar-refractivity contribution is 5.65. The van der Waals surface area contributed by atoms with Gasteiger partial charge in [-0.05, 0) is 17.7 Å². The molecule has 0 aliphatic carbocycles. The molecule has 122 valence electrons. The van der Waals surface area contributed by atoms with Crippen LogP contribution in [0.3, 0.4) is 0 Å². The van der Waals surface area contributed by atoms with E-state index in [-0.39, 0.29) is 12.1 Å². The summed E-state index contributed by atoms with van der Waals surface area (Å²) in [5.74, 6) is 0.548. The summed E-state index contributed by atoms with van der Waals surface area (Å²) < 4.78 is 11.2. The molecule has 1 amide bonds. The number of morpholine rings is 1. The minimum absolute atomic E-state index is 0.0933. The average Bonchev–Trinajstić information content (AvgIpc) is 2.60. The SMILES string of the molecule is COc1cc(C2CN3CCN(C(=O)O)CC3CO2)ccc1C#N. The third kappa shape index (κ3) is 3.09. The highest BCUT2D eigenvalue weighted by Gasteiger charge is 2.35. The molecule has 2 saturated heterocycles. The first-order valence-corrected chi connectivity index (χ1v) is 7.54. The van der Waals surface area contributed by atoms with Gasteiger partial charge in [-0.3, -0.25) is 4.90 Å². The number of carboxylic acid groups (broad SMARTS) is 1. The first kappa shape index (κ1) is 15.6. The molecular formula is C16H19N3O4. The zero-order chi connectivity index (χ0) is 16.4. The summed E-state index contributed by atoms with van der Waals surface area (Å²) >= 11 is 0. The maximum Gasteiger partial charge on any atom is 0.407 e. The lowest BCUT2D eigenvalue weighted by atomic mass is 10.0. The first-order valence-electron chi connectivity index (χ1n) is 7.54. The summed E-state index contributed by atoms with van der Waals surface area (Å²) in [7, 11) is 1.54. The molecule has 2 aliphatic heterocycles. The Morgan fingerprint density at radius 1 is 1.43 bits per heavy atom. The van der Waals surface area contributed by atoms with Crippen molar-refractivity contribution in [1.82, 2.24) is 9.80 Å². The second-order valence-electron chi connectivity index (χ2n) is 5.77. The van der Waals surface area contributed by atoms with Crippen LogP contribution in [0.2, 0.25) is 0 Å². The van der Waals surface area contributed by atoms with E-state index in [1.165, 1.54) is 4.90 Å². The third-order valence-corrected chi connectivity index (χ3v) is 4.48. The molecule has 0 aromatic heterocycles. The van der Waals surface area contributed by atoms with Gasteiger partial charge in [0, 0.05) is 26.2 Å². The highest BCUT2D eigenvalue weighted by atomic mass is 16.5. The Balaban J connectivity index is 1.71. The van der Waals surface area contributed by atoms with Gasteiger partial charge >= 0.3 is 6.09 Å². The monoisotopic (exact) mass is 317 g/mol. The number of ether oxygens (including phenoxy) is 2. The predicted octanol–water partition coefficient (Wildman–Crippen LogP) is 1.30. The molecule has 2 atom stereocenters. The van der Waals surface area contributed by atoms with Crippen molar-refractivity contribution >= 4 is 6.09 Å². The van der Waals surface area contributed by atoms with Gasteiger partial charge in [-0.15, -0.1) is 0 Å². The maximum atomic E-state index is 11.1. The van der Waals surface area contributed by atoms with Crippen molar-refractivity contribution < 1.29 is 19.4 Å². The molecule has 3 rings (SSSR count). The average molecular weight is 317 g/mol. The molecule has 0 saturated carbocycles. The first-order chi connectivity index (χ1) is 11.1. The second-order valence-corrected chi connectivity index (χ2v) is 5.77. The van der Waals surface area contributed by atoms with Gasteiger partial charge in [-0.2, -0.15) is 5.26 Å². The quantitative estimate of drug-likeness (QED) is 0.885. The van der Waals surface area contributed by atoms with E-state index in [2.05, 4.69) is 11.0 Å². The Morgan fingerprint density at radius 2 is 2.26 bits per heavy atom. The second kappa shape index (κ2) is 6.44. The summed E-state index contributed by atoms with van der Waals surface area (Å²) in [6.45, 7) is 2.93. The van der Waals surface area contributed by atoms with Crippen LogP contribution in [-0.2, 0) is 4.74 Å². The third-order valence-electron chi connectivity index (χ3n) is 4.48. The fraction of sp³-hybridized carbons (Fsp3) is 0.500. The van der Waals surface area contributed by atoms with Crippen LogP contribution in [0.4, 0.5) is 4.79 Å². The molecule has 2 aliphatic rings. The van der Waals surface area contributed by atoms with Crippen LogP contribution in [0, 0.1) is 11.3 Å². The van der Waals surface area contributed by atoms with E-state index >= 15 is 0 Å². The van der Waals surface area contributed by atoms with Crippen molar-refractivity contribution in [2.75, 3.05) is 39.9 Å². The number of carbonyl (C=O) groups is 1. The van der Waals surface area contributed by atoms with Crippen LogP contribution in [0.5, 0.6) is 5.75 Å². The van der Waals surface area contributed by atoms with Crippen molar-refractivity contribution in [1.29, 1.82) is 5.26 Å². The summed E-state index contributed by atoms with van der Waals surface area (Å²) in [6, 6.07) is 7.68. The zero-order valence-electron chi connectivity index (χ0n) is 12.9. The molecule has 2 unspecified atom stereocenters. The molecular weight excluding hydrogens is 298 g/mol. The van der Waals surface area contributed by atoms with Crippen molar-refractivity contribution in [2.45, 2.75) is 12.1 Å². The number of benzene rings is 1. The molecule has 2 heterocycles. The molecule has 7 heteroatoms. The fourth-order valence-corrected chi connectivity index (χ4v) is 3.16. The van der Waals surface area contributed by atoms with Gasteiger partial charge in [0.2, 0.25) is 0 Å². The smallest absolute Gasteiger partial charge is 0.407 e. The number of nitrogens with zero attached hydrogens (tertiary/aromatic N) is 3. The van der Waals surface area contributed by atoms with Crippen LogP contribution in [-0.4, -0.2) is 66.9 Å². The van der Waals surface area contributed by atoms with Gasteiger partial charge in [0.05, 0.1) is 31.4 Å². The predicted molar refractivity (Wildman–Crippen MR) is 81.4 cm³/mol. The van der Waals surface area contributed by atoms with E-state index in [1.807, 2.05) is 12.1 Å². The van der Waals surface area contributed by atoms with Crippen LogP contribution in [0.1, 0.15) is 17.2 Å². The molecule has 0 bridgehead atoms. The number of amides is 1. The van der Waals surface area contributed by atoms with Crippen LogP contribution < -0.4 is 4.74 Å². The molecule has 0 spiro atoms. The molecule has 23 heavy (non-hydrogen) atoms. The van der Waals surface area contributed by atoms with E-state index < -0.39 is 6.09 Å². The Kier molecular flexibility index (Phi) is 4.37. The molecule has 1 aromatic rings. The normalized spacial score (nSPS) is 24.6. The lowest BCUT2D eigenvalue weighted by Gasteiger charge is -2.45. The lowest BCUT2D eigenvalue weighted by molar-refractivity contribution is -0.0867. The summed E-state index contributed by atoms with van der Waals surface area (Å²) in [5, 5.41) is 18.1. The number of methoxy groups -OCH3 is 1. The van der Waals surface area contributed by atoms with Crippen LogP contribution >= 0.6 is 0 Å². The zero-order valence-corrected chi connectivity index (χ0v) is 12.9. The highest BCUT2D eigenvalue weighted by Crippen LogP contribution is 2.30. The number of hydrogen-bond acceptors (Lipinski definition) is 5. The van der Waals surface area contributed by atoms with Gasteiger partial charge in [0.15, 0.2) is 0 Å². The minimum atomic E-state index is -0.872. The Bertz CT molecular complexity index is 643. The van der Waals surface area contributed by atoms with E-state index in [0.717, 1.165) is 5.56 Å². The van der Waals surface area contributed by atoms with Crippen LogP contribution in [0.15, 0.2) is 18.2 Å². The largest absolute Gasteiger partial charge is 0.495 e. The molecule has 7 nitrogen and oxygen atoms in total. The van der Waals surface area contributed by atoms with Gasteiger partial charge in [0.25, 0.3) is 0 Å². The van der Waals surface area contributed by atoms with Crippen LogP contribution in [0.25, 0.3) is 0 Å². The van der Waals surface area contributed by atoms with Gasteiger partial charge in [0.1, 0.15) is 11.8 Å². The van der Waals surface area contributed by atoms with Crippen molar-refractivity contribution in [3.05, 3.63) is 29.3 Å². The van der Waals surface area contributed by atoms with E-state index in [9.17, 15) is 4.79 Å². The number of hydrogen-bond donors (Lipinski definition) is 1. The number of fused-ring (bicyclic) bond motifs is 1. The molecule has 1 N–H and O–H groups in total. The van der Waals surface area contributed by atoms with Crippen molar-refractivity contribution in [3.8, 4) is 11.8 Å². The number of rotatable bonds is 2. The Morgan fingerprint density at radius 3 is 2.96 bits per heavy atom. The number of nitriles is 1. The molecule has 2 fully saturated rings. The van der Waals surface area contributed by atoms with Gasteiger partial charge in [-0.1, -0.05) is 6.07 Å². The Hall–Kier alpha value is -2.30. The topological polar surface area (TPSA) is 86.0 Å². The standard InChI is InChI=1S/C16H19N3O4/c1-22-14-6-11(2-3-12(14)7-17)15-9-18-4-5-19(16(20)21)8-13(18)10-23-15/h2-3,6,13,15H,4-5,8-10H2,1H3,(H,20,21). The summed E-state index contributed by atoms with van der Waals surface area (Å²) in [5.41, 5.74) is 1.47. The summed E-state index contributed by atoms with van der Waals surface area (Å²) in [6.07, 6.45) is -0.965. The maximum absolute atomic E-state index is 11.1. The minimum Gasteiger partial charge on any atom is -0.495 e. The lowest BCUT2D eigenvalue weighted by Crippen LogP contribution is -2.59. The van der Waals surface area contributed by atoms with Gasteiger partial charge < -0.3 is 19.5 Å². The van der Waals surface area contributed by atoms with E-state index in [4.69, 9.17) is 19.8 Å². The molecule has 0 radical (unpaired) electrons. The summed E-state index contributed by atoms with van der Waals surface area (Å²) in [4.78, 5) is 14.8. The van der Waals surface area contributed by atoms with E-state index in [0.29, 0.717) is 44.1 Å². The van der Waals surface area contributed by atoms with Crippen molar-refractivity contribution in [3.63, 3.8) is 0 Å². The Labute approximate surface area is 134 Å². The van der Waals surface area contributed by atoms with Crippen molar-refractivity contribution in [2.24, 2.45) is 0 Å². The fourth-order valence-electron chi connectivity index (χ4n) is 3.16. The van der Waals surface area contributed by atoms with Gasteiger partial charge in [-0.25, -0.2) is 4.79 Å². The number of piperazine rings is 1.